The van der Waals surface area contributed by atoms with Crippen molar-refractivity contribution in [3.05, 3.63) is 118 Å². The van der Waals surface area contributed by atoms with E-state index in [1.54, 1.807) is 63.2 Å². The summed E-state index contributed by atoms with van der Waals surface area (Å²) in [5, 5.41) is 5.43. The summed E-state index contributed by atoms with van der Waals surface area (Å²) in [5.74, 6) is -0.444. The van der Waals surface area contributed by atoms with Gasteiger partial charge in [-0.15, -0.1) is 0 Å². The minimum Gasteiger partial charge on any atom is -0.444 e. The number of amidine groups is 1. The van der Waals surface area contributed by atoms with Crippen LogP contribution in [0.1, 0.15) is 94.3 Å². The SMILES string of the molecule is C/C=C(\C=C1C(=O)NC(Cc2ccc(C3=NC(c4ccc(NC(=O)OC(C)(C)C)cc4)ON3)c(F)c2)C1=O)c1ccc(C2CC2)cc1.CC. The van der Waals surface area contributed by atoms with E-state index in [9.17, 15) is 14.4 Å². The standard InChI is InChI=1S/C37H37FN4O5.C2H6/c1-5-22(23-7-9-24(10-8-23)25-11-12-25)20-29-32(43)31(40-34(29)44)19-21-6-17-28(30(38)18-21)33-41-35(47-42-33)26-13-15-27(16-14-26)39-36(45)46-37(2,3)4;1-2/h5-10,13-18,20,25,31,35H,11-12,19H2,1-4H3,(H,39,45)(H,40,44)(H,41,42);1-2H3/b22-5+,29-20?;. The van der Waals surface area contributed by atoms with Crippen LogP contribution in [0.4, 0.5) is 14.9 Å². The topological polar surface area (TPSA) is 118 Å². The first-order chi connectivity index (χ1) is 23.5. The minimum atomic E-state index is -0.795. The zero-order valence-electron chi connectivity index (χ0n) is 28.7. The van der Waals surface area contributed by atoms with Crippen LogP contribution < -0.4 is 16.1 Å². The van der Waals surface area contributed by atoms with Crippen molar-refractivity contribution in [2.45, 2.75) is 84.6 Å². The number of allylic oxidation sites excluding steroid dienone is 3. The summed E-state index contributed by atoms with van der Waals surface area (Å²) in [7, 11) is 0. The number of benzene rings is 3. The third kappa shape index (κ3) is 8.69. The Balaban J connectivity index is 0.00000230. The van der Waals surface area contributed by atoms with Gasteiger partial charge in [0.05, 0.1) is 17.2 Å². The van der Waals surface area contributed by atoms with Crippen LogP contribution in [0.2, 0.25) is 0 Å². The zero-order valence-corrected chi connectivity index (χ0v) is 28.7. The van der Waals surface area contributed by atoms with Gasteiger partial charge >= 0.3 is 6.09 Å². The Labute approximate surface area is 286 Å². The number of hydroxylamine groups is 1. The molecule has 0 spiro atoms. The Morgan fingerprint density at radius 2 is 1.69 bits per heavy atom. The Bertz CT molecular complexity index is 1800. The highest BCUT2D eigenvalue weighted by Crippen LogP contribution is 2.40. The predicted molar refractivity (Wildman–Crippen MR) is 188 cm³/mol. The minimum absolute atomic E-state index is 0.0906. The van der Waals surface area contributed by atoms with Gasteiger partial charge in [0, 0.05) is 17.7 Å². The van der Waals surface area contributed by atoms with E-state index >= 15 is 4.39 Å². The number of carbonyl (C=O) groups excluding carboxylic acids is 3. The van der Waals surface area contributed by atoms with Gasteiger partial charge in [0.25, 0.3) is 5.91 Å². The van der Waals surface area contributed by atoms with Crippen molar-refractivity contribution in [1.29, 1.82) is 0 Å². The summed E-state index contributed by atoms with van der Waals surface area (Å²) in [5.41, 5.74) is 7.20. The third-order valence-electron chi connectivity index (χ3n) is 8.12. The number of amides is 2. The highest BCUT2D eigenvalue weighted by molar-refractivity contribution is 6.27. The second kappa shape index (κ2) is 15.0. The molecule has 3 N–H and O–H groups in total. The third-order valence-corrected chi connectivity index (χ3v) is 8.12. The molecule has 256 valence electrons. The first-order valence-corrected chi connectivity index (χ1v) is 16.7. The van der Waals surface area contributed by atoms with E-state index in [-0.39, 0.29) is 29.2 Å². The fraction of sp³-hybridized carbons (Fsp3) is 0.333. The summed E-state index contributed by atoms with van der Waals surface area (Å²) < 4.78 is 20.6. The van der Waals surface area contributed by atoms with Crippen molar-refractivity contribution in [2.24, 2.45) is 4.99 Å². The van der Waals surface area contributed by atoms with Crippen LogP contribution in [-0.2, 0) is 25.6 Å². The van der Waals surface area contributed by atoms with Crippen LogP contribution >= 0.6 is 0 Å². The maximum atomic E-state index is 15.3. The lowest BCUT2D eigenvalue weighted by Crippen LogP contribution is -2.31. The highest BCUT2D eigenvalue weighted by Gasteiger charge is 2.36. The average Bonchev–Trinajstić information content (AvgIpc) is 3.75. The molecule has 49 heavy (non-hydrogen) atoms. The van der Waals surface area contributed by atoms with Crippen LogP contribution in [0.25, 0.3) is 5.57 Å². The maximum Gasteiger partial charge on any atom is 0.412 e. The molecule has 9 nitrogen and oxygen atoms in total. The van der Waals surface area contributed by atoms with Gasteiger partial charge in [0.2, 0.25) is 6.23 Å². The van der Waals surface area contributed by atoms with Crippen LogP contribution in [-0.4, -0.2) is 35.3 Å². The fourth-order valence-corrected chi connectivity index (χ4v) is 5.55. The van der Waals surface area contributed by atoms with Gasteiger partial charge in [-0.25, -0.2) is 24.5 Å². The van der Waals surface area contributed by atoms with Crippen molar-refractivity contribution in [3.8, 4) is 0 Å². The molecule has 3 aromatic rings. The zero-order chi connectivity index (χ0) is 35.3. The summed E-state index contributed by atoms with van der Waals surface area (Å²) in [6.45, 7) is 11.2. The quantitative estimate of drug-likeness (QED) is 0.168. The molecule has 1 saturated heterocycles. The van der Waals surface area contributed by atoms with E-state index in [0.717, 1.165) is 11.1 Å². The maximum absolute atomic E-state index is 15.3. The van der Waals surface area contributed by atoms with Gasteiger partial charge in [0.1, 0.15) is 11.4 Å². The van der Waals surface area contributed by atoms with E-state index < -0.39 is 35.7 Å². The molecule has 3 aliphatic rings. The molecule has 0 aromatic heterocycles. The second-order valence-corrected chi connectivity index (χ2v) is 12.9. The normalized spacial score (nSPS) is 19.9. The highest BCUT2D eigenvalue weighted by atomic mass is 19.1. The molecule has 10 heteroatoms. The predicted octanol–water partition coefficient (Wildman–Crippen LogP) is 7.70. The number of hydrogen-bond acceptors (Lipinski definition) is 7. The number of nitrogens with one attached hydrogen (secondary N) is 3. The average molecular weight is 667 g/mol. The number of Topliss-reactive ketones (excluding diaryl/α,β-unsaturated/α-hetero) is 1. The van der Waals surface area contributed by atoms with E-state index in [2.05, 4.69) is 33.2 Å². The monoisotopic (exact) mass is 666 g/mol. The molecule has 0 radical (unpaired) electrons. The van der Waals surface area contributed by atoms with Crippen molar-refractivity contribution in [1.82, 2.24) is 10.8 Å². The smallest absolute Gasteiger partial charge is 0.412 e. The molecule has 2 atom stereocenters. The van der Waals surface area contributed by atoms with Crippen molar-refractivity contribution >= 4 is 34.9 Å². The van der Waals surface area contributed by atoms with Crippen molar-refractivity contribution in [3.63, 3.8) is 0 Å². The number of aliphatic imine (C=N–C) groups is 1. The molecule has 2 aliphatic heterocycles. The van der Waals surface area contributed by atoms with Gasteiger partial charge in [-0.05, 0) is 99.1 Å². The molecule has 0 bridgehead atoms. The van der Waals surface area contributed by atoms with E-state index in [4.69, 9.17) is 9.57 Å². The molecule has 2 amide bonds. The number of ketones is 1. The van der Waals surface area contributed by atoms with Crippen LogP contribution in [0.15, 0.2) is 89.4 Å². The van der Waals surface area contributed by atoms with Crippen LogP contribution in [0.5, 0.6) is 0 Å². The lowest BCUT2D eigenvalue weighted by molar-refractivity contribution is -0.117. The van der Waals surface area contributed by atoms with Gasteiger partial charge in [-0.1, -0.05) is 62.4 Å². The summed E-state index contributed by atoms with van der Waals surface area (Å²) in [6, 6.07) is 18.9. The van der Waals surface area contributed by atoms with Gasteiger partial charge in [0.15, 0.2) is 11.6 Å². The van der Waals surface area contributed by atoms with Crippen molar-refractivity contribution in [2.75, 3.05) is 5.32 Å². The van der Waals surface area contributed by atoms with Crippen LogP contribution in [0, 0.1) is 5.82 Å². The van der Waals surface area contributed by atoms with Gasteiger partial charge in [-0.3, -0.25) is 14.9 Å². The molecule has 1 aliphatic carbocycles. The molecular formula is C39H43FN4O5. The largest absolute Gasteiger partial charge is 0.444 e. The Kier molecular flexibility index (Phi) is 10.8. The van der Waals surface area contributed by atoms with E-state index in [1.165, 1.54) is 24.5 Å². The molecule has 1 saturated carbocycles. The van der Waals surface area contributed by atoms with Crippen LogP contribution in [0.3, 0.4) is 0 Å². The second-order valence-electron chi connectivity index (χ2n) is 12.9. The first kappa shape index (κ1) is 35.2. The Hall–Kier alpha value is -5.09. The van der Waals surface area contributed by atoms with Gasteiger partial charge < -0.3 is 10.1 Å². The summed E-state index contributed by atoms with van der Waals surface area (Å²) in [4.78, 5) is 48.2. The molecule has 2 unspecified atom stereocenters. The number of hydrogen-bond donors (Lipinski definition) is 3. The Morgan fingerprint density at radius 3 is 2.31 bits per heavy atom. The number of carbonyl (C=O) groups is 3. The van der Waals surface area contributed by atoms with Crippen molar-refractivity contribution < 1.29 is 28.3 Å². The molecule has 6 rings (SSSR count). The first-order valence-electron chi connectivity index (χ1n) is 16.7. The number of rotatable bonds is 8. The lowest BCUT2D eigenvalue weighted by Gasteiger charge is -2.19. The molecular weight excluding hydrogens is 623 g/mol. The number of nitrogens with zero attached hydrogens (tertiary/aromatic N) is 1. The molecule has 3 aromatic carbocycles. The Morgan fingerprint density at radius 1 is 1.02 bits per heavy atom. The summed E-state index contributed by atoms with van der Waals surface area (Å²) in [6.07, 6.45) is 4.81. The molecule has 2 fully saturated rings. The number of ether oxygens (including phenoxy) is 1. The summed E-state index contributed by atoms with van der Waals surface area (Å²) >= 11 is 0. The van der Waals surface area contributed by atoms with Gasteiger partial charge in [-0.2, -0.15) is 0 Å². The lowest BCUT2D eigenvalue weighted by atomic mass is 9.97. The molecule has 2 heterocycles. The van der Waals surface area contributed by atoms with E-state index in [0.29, 0.717) is 22.7 Å². The van der Waals surface area contributed by atoms with E-state index in [1.807, 2.05) is 39.0 Å². The fourth-order valence-electron chi connectivity index (χ4n) is 5.55. The number of halogens is 1. The number of anilines is 1.